The topological polar surface area (TPSA) is 63.4 Å². The van der Waals surface area contributed by atoms with Crippen molar-refractivity contribution in [1.29, 1.82) is 0 Å². The molecule has 0 saturated heterocycles. The Morgan fingerprint density at radius 3 is 2.18 bits per heavy atom. The summed E-state index contributed by atoms with van der Waals surface area (Å²) in [6.45, 7) is 4.51. The van der Waals surface area contributed by atoms with Crippen LogP contribution in [0.3, 0.4) is 0 Å². The van der Waals surface area contributed by atoms with Gasteiger partial charge in [-0.15, -0.1) is 0 Å². The van der Waals surface area contributed by atoms with Gasteiger partial charge in [-0.3, -0.25) is 14.5 Å². The lowest BCUT2D eigenvalue weighted by Gasteiger charge is -2.15. The van der Waals surface area contributed by atoms with Crippen molar-refractivity contribution >= 4 is 11.7 Å². The zero-order chi connectivity index (χ0) is 8.85. The Kier molecular flexibility index (Phi) is 4.45. The second-order valence-corrected chi connectivity index (χ2v) is 2.47. The number of ketones is 1. The van der Waals surface area contributed by atoms with E-state index < -0.39 is 5.91 Å². The molecule has 0 aliphatic carbocycles. The third-order valence-electron chi connectivity index (χ3n) is 1.27. The Morgan fingerprint density at radius 2 is 1.91 bits per heavy atom. The average molecular weight is 158 g/mol. The maximum atomic E-state index is 10.6. The number of rotatable bonds is 5. The zero-order valence-electron chi connectivity index (χ0n) is 6.96. The number of likely N-dealkylation sites (N-methyl/N-ethyl adjacent to an activating group) is 1. The molecule has 0 saturated carbocycles. The van der Waals surface area contributed by atoms with Gasteiger partial charge in [-0.05, 0) is 13.5 Å². The van der Waals surface area contributed by atoms with Gasteiger partial charge in [0.1, 0.15) is 5.78 Å². The molecule has 0 aromatic heterocycles. The van der Waals surface area contributed by atoms with E-state index in [1.54, 1.807) is 4.90 Å². The highest BCUT2D eigenvalue weighted by molar-refractivity contribution is 5.80. The molecule has 0 aliphatic heterocycles. The Morgan fingerprint density at radius 1 is 1.36 bits per heavy atom. The number of hydrogen-bond acceptors (Lipinski definition) is 3. The molecule has 0 aromatic carbocycles. The first kappa shape index (κ1) is 10.1. The van der Waals surface area contributed by atoms with Gasteiger partial charge in [0.05, 0.1) is 13.1 Å². The van der Waals surface area contributed by atoms with Gasteiger partial charge in [0.15, 0.2) is 0 Å². The van der Waals surface area contributed by atoms with E-state index in [9.17, 15) is 9.59 Å². The van der Waals surface area contributed by atoms with Gasteiger partial charge < -0.3 is 5.73 Å². The molecule has 0 aliphatic rings. The maximum Gasteiger partial charge on any atom is 0.231 e. The maximum absolute atomic E-state index is 10.6. The molecule has 0 rings (SSSR count). The summed E-state index contributed by atoms with van der Waals surface area (Å²) in [4.78, 5) is 22.7. The Labute approximate surface area is 66.4 Å². The van der Waals surface area contributed by atoms with Crippen LogP contribution in [0.2, 0.25) is 0 Å². The number of Topliss-reactive ketones (excluding diaryl/α,β-unsaturated/α-hetero) is 1. The molecule has 4 heteroatoms. The van der Waals surface area contributed by atoms with E-state index in [1.807, 2.05) is 6.92 Å². The lowest BCUT2D eigenvalue weighted by Crippen LogP contribution is -2.36. The minimum absolute atomic E-state index is 0.0492. The predicted octanol–water partition coefficient (Wildman–Crippen LogP) is -0.617. The van der Waals surface area contributed by atoms with E-state index in [-0.39, 0.29) is 12.3 Å². The van der Waals surface area contributed by atoms with Crippen LogP contribution in [0.4, 0.5) is 0 Å². The number of hydrogen-bond donors (Lipinski definition) is 1. The number of carbonyl (C=O) groups is 2. The second-order valence-electron chi connectivity index (χ2n) is 2.47. The molecule has 0 heterocycles. The highest BCUT2D eigenvalue weighted by Crippen LogP contribution is 1.86. The molecule has 64 valence electrons. The Balaban J connectivity index is 3.76. The van der Waals surface area contributed by atoms with Crippen molar-refractivity contribution in [2.45, 2.75) is 13.8 Å². The molecule has 0 aromatic rings. The minimum Gasteiger partial charge on any atom is -0.369 e. The van der Waals surface area contributed by atoms with Gasteiger partial charge in [0, 0.05) is 0 Å². The molecule has 0 radical (unpaired) electrons. The summed E-state index contributed by atoms with van der Waals surface area (Å²) < 4.78 is 0. The fourth-order valence-corrected chi connectivity index (χ4v) is 0.815. The van der Waals surface area contributed by atoms with Crippen LogP contribution in [0.15, 0.2) is 0 Å². The molecule has 0 spiro atoms. The van der Waals surface area contributed by atoms with E-state index >= 15 is 0 Å². The van der Waals surface area contributed by atoms with E-state index in [1.165, 1.54) is 6.92 Å². The van der Waals surface area contributed by atoms with Gasteiger partial charge in [0.25, 0.3) is 0 Å². The molecule has 0 fully saturated rings. The molecule has 0 bridgehead atoms. The summed E-state index contributed by atoms with van der Waals surface area (Å²) in [7, 11) is 0. The third kappa shape index (κ3) is 5.54. The normalized spacial score (nSPS) is 10.1. The fourth-order valence-electron chi connectivity index (χ4n) is 0.815. The van der Waals surface area contributed by atoms with Gasteiger partial charge in [-0.25, -0.2) is 0 Å². The second kappa shape index (κ2) is 4.85. The summed E-state index contributed by atoms with van der Waals surface area (Å²) in [6, 6.07) is 0. The number of nitrogens with two attached hydrogens (primary N) is 1. The van der Waals surface area contributed by atoms with E-state index in [2.05, 4.69) is 0 Å². The van der Waals surface area contributed by atoms with E-state index in [0.29, 0.717) is 13.1 Å². The molecule has 2 N–H and O–H groups in total. The lowest BCUT2D eigenvalue weighted by atomic mass is 10.4. The smallest absolute Gasteiger partial charge is 0.231 e. The highest BCUT2D eigenvalue weighted by atomic mass is 16.1. The highest BCUT2D eigenvalue weighted by Gasteiger charge is 2.06. The SMILES string of the molecule is CCN(CC(C)=O)CC(N)=O. The quantitative estimate of drug-likeness (QED) is 0.580. The van der Waals surface area contributed by atoms with Gasteiger partial charge in [-0.2, -0.15) is 0 Å². The monoisotopic (exact) mass is 158 g/mol. The first-order valence-corrected chi connectivity index (χ1v) is 3.56. The minimum atomic E-state index is -0.395. The van der Waals surface area contributed by atoms with Crippen LogP contribution >= 0.6 is 0 Å². The molecule has 0 atom stereocenters. The van der Waals surface area contributed by atoms with Crippen LogP contribution in [-0.2, 0) is 9.59 Å². The number of carbonyl (C=O) groups excluding carboxylic acids is 2. The summed E-state index contributed by atoms with van der Waals surface area (Å²) >= 11 is 0. The summed E-state index contributed by atoms with van der Waals surface area (Å²) in [6.07, 6.45) is 0. The molecule has 1 amide bonds. The molecule has 4 nitrogen and oxygen atoms in total. The molecule has 0 unspecified atom stereocenters. The van der Waals surface area contributed by atoms with Crippen molar-refractivity contribution < 1.29 is 9.59 Å². The van der Waals surface area contributed by atoms with E-state index in [4.69, 9.17) is 5.73 Å². The largest absolute Gasteiger partial charge is 0.369 e. The van der Waals surface area contributed by atoms with Gasteiger partial charge in [0.2, 0.25) is 5.91 Å². The lowest BCUT2D eigenvalue weighted by molar-refractivity contribution is -0.121. The van der Waals surface area contributed by atoms with Crippen molar-refractivity contribution in [1.82, 2.24) is 4.90 Å². The summed E-state index contributed by atoms with van der Waals surface area (Å²) in [5, 5.41) is 0. The predicted molar refractivity (Wildman–Crippen MR) is 42.0 cm³/mol. The van der Waals surface area contributed by atoms with Crippen LogP contribution in [0, 0.1) is 0 Å². The summed E-state index contributed by atoms with van der Waals surface area (Å²) in [5.41, 5.74) is 4.95. The standard InChI is InChI=1S/C7H14N2O2/c1-3-9(4-6(2)10)5-7(8)11/h3-5H2,1-2H3,(H2,8,11). The Hall–Kier alpha value is -0.900. The van der Waals surface area contributed by atoms with Crippen molar-refractivity contribution in [2.24, 2.45) is 5.73 Å². The van der Waals surface area contributed by atoms with Crippen LogP contribution in [0.5, 0.6) is 0 Å². The number of primary amides is 1. The van der Waals surface area contributed by atoms with Crippen molar-refractivity contribution in [3.8, 4) is 0 Å². The van der Waals surface area contributed by atoms with Crippen LogP contribution in [0.1, 0.15) is 13.8 Å². The molecule has 11 heavy (non-hydrogen) atoms. The first-order chi connectivity index (χ1) is 5.06. The van der Waals surface area contributed by atoms with Gasteiger partial charge >= 0.3 is 0 Å². The van der Waals surface area contributed by atoms with Crippen LogP contribution in [-0.4, -0.2) is 36.2 Å². The third-order valence-corrected chi connectivity index (χ3v) is 1.27. The van der Waals surface area contributed by atoms with Crippen molar-refractivity contribution in [3.63, 3.8) is 0 Å². The molecular formula is C7H14N2O2. The summed E-state index contributed by atoms with van der Waals surface area (Å²) in [5.74, 6) is -0.346. The van der Waals surface area contributed by atoms with Crippen molar-refractivity contribution in [2.75, 3.05) is 19.6 Å². The van der Waals surface area contributed by atoms with Crippen LogP contribution in [0.25, 0.3) is 0 Å². The van der Waals surface area contributed by atoms with Gasteiger partial charge in [-0.1, -0.05) is 6.92 Å². The number of nitrogens with zero attached hydrogens (tertiary/aromatic N) is 1. The zero-order valence-corrected chi connectivity index (χ0v) is 6.96. The number of amides is 1. The average Bonchev–Trinajstić information content (AvgIpc) is 1.84. The Bertz CT molecular complexity index is 141. The van der Waals surface area contributed by atoms with E-state index in [0.717, 1.165) is 0 Å². The molecular weight excluding hydrogens is 144 g/mol. The van der Waals surface area contributed by atoms with Crippen molar-refractivity contribution in [3.05, 3.63) is 0 Å². The van der Waals surface area contributed by atoms with Crippen LogP contribution < -0.4 is 5.73 Å². The first-order valence-electron chi connectivity index (χ1n) is 3.56. The fraction of sp³-hybridized carbons (Fsp3) is 0.714.